The first-order valence-corrected chi connectivity index (χ1v) is 11.3. The number of rotatable bonds is 6. The molecule has 0 aromatic heterocycles. The monoisotopic (exact) mass is 577 g/mol. The number of hydrogen-bond donors (Lipinski definition) is 0. The van der Waals surface area contributed by atoms with Crippen molar-refractivity contribution in [3.8, 4) is 11.5 Å². The Morgan fingerprint density at radius 1 is 1.18 bits per heavy atom. The molecule has 1 aliphatic rings. The number of carbonyl (C=O) groups excluding carboxylic acids is 1. The molecule has 3 aromatic carbocycles. The van der Waals surface area contributed by atoms with E-state index in [4.69, 9.17) is 25.8 Å². The van der Waals surface area contributed by atoms with Gasteiger partial charge in [-0.3, -0.25) is 0 Å². The number of carbonyl (C=O) groups is 1. The number of aliphatic imine (C=N–C) groups is 1. The molecule has 168 valence electrons. The van der Waals surface area contributed by atoms with E-state index in [0.717, 1.165) is 14.7 Å². The van der Waals surface area contributed by atoms with Crippen LogP contribution in [-0.4, -0.2) is 19.0 Å². The van der Waals surface area contributed by atoms with Gasteiger partial charge in [-0.15, -0.1) is 0 Å². The van der Waals surface area contributed by atoms with Crippen molar-refractivity contribution < 1.29 is 23.4 Å². The van der Waals surface area contributed by atoms with Crippen LogP contribution in [0.25, 0.3) is 6.08 Å². The summed E-state index contributed by atoms with van der Waals surface area (Å²) in [6.07, 6.45) is 1.56. The number of aryl methyl sites for hydroxylation is 1. The topological polar surface area (TPSA) is 57.1 Å². The Labute approximate surface area is 209 Å². The summed E-state index contributed by atoms with van der Waals surface area (Å²) in [7, 11) is 1.47. The molecule has 0 saturated carbocycles. The number of nitrogens with zero attached hydrogens (tertiary/aromatic N) is 1. The second-order valence-corrected chi connectivity index (χ2v) is 8.78. The lowest BCUT2D eigenvalue weighted by Crippen LogP contribution is -2.05. The molecule has 3 aromatic rings. The first kappa shape index (κ1) is 23.3. The summed E-state index contributed by atoms with van der Waals surface area (Å²) in [6.45, 7) is 1.96. The van der Waals surface area contributed by atoms with Crippen LogP contribution in [0.4, 0.5) is 4.39 Å². The highest BCUT2D eigenvalue weighted by atomic mass is 127. The average molecular weight is 578 g/mol. The van der Waals surface area contributed by atoms with E-state index in [2.05, 4.69) is 27.6 Å². The minimum absolute atomic E-state index is 0.0153. The number of ether oxygens (including phenoxy) is 3. The van der Waals surface area contributed by atoms with Gasteiger partial charge >= 0.3 is 5.97 Å². The van der Waals surface area contributed by atoms with E-state index in [1.807, 2.05) is 25.1 Å². The van der Waals surface area contributed by atoms with Gasteiger partial charge in [-0.2, -0.15) is 0 Å². The maximum Gasteiger partial charge on any atom is 0.363 e. The normalized spacial score (nSPS) is 14.3. The molecule has 0 aliphatic carbocycles. The van der Waals surface area contributed by atoms with Gasteiger partial charge in [-0.25, -0.2) is 14.2 Å². The van der Waals surface area contributed by atoms with E-state index in [9.17, 15) is 9.18 Å². The lowest BCUT2D eigenvalue weighted by Gasteiger charge is -2.13. The van der Waals surface area contributed by atoms with Gasteiger partial charge in [0.05, 0.1) is 12.1 Å². The van der Waals surface area contributed by atoms with Crippen molar-refractivity contribution in [2.45, 2.75) is 13.5 Å². The molecule has 4 rings (SSSR count). The fourth-order valence-electron chi connectivity index (χ4n) is 3.20. The first-order chi connectivity index (χ1) is 15.9. The SMILES string of the molecule is COc1cc(/C=C2\N=C(c3ccc(I)c(C)c3)OC2=O)cc(Cl)c1OCc1ccccc1F. The van der Waals surface area contributed by atoms with E-state index in [0.29, 0.717) is 16.9 Å². The molecule has 0 fully saturated rings. The van der Waals surface area contributed by atoms with Crippen molar-refractivity contribution in [3.63, 3.8) is 0 Å². The summed E-state index contributed by atoms with van der Waals surface area (Å²) < 4.78 is 31.5. The smallest absolute Gasteiger partial charge is 0.363 e. The van der Waals surface area contributed by atoms with E-state index in [1.54, 1.807) is 36.4 Å². The Kier molecular flexibility index (Phi) is 6.99. The molecule has 0 bridgehead atoms. The van der Waals surface area contributed by atoms with Gasteiger partial charge in [0.15, 0.2) is 17.2 Å². The molecule has 0 saturated heterocycles. The number of halogens is 3. The number of hydrogen-bond acceptors (Lipinski definition) is 5. The van der Waals surface area contributed by atoms with Crippen molar-refractivity contribution in [1.82, 2.24) is 0 Å². The molecule has 0 atom stereocenters. The van der Waals surface area contributed by atoms with Gasteiger partial charge in [0.25, 0.3) is 0 Å². The van der Waals surface area contributed by atoms with Crippen LogP contribution in [0.3, 0.4) is 0 Å². The maximum absolute atomic E-state index is 13.9. The van der Waals surface area contributed by atoms with E-state index in [-0.39, 0.29) is 34.8 Å². The van der Waals surface area contributed by atoms with Crippen LogP contribution < -0.4 is 9.47 Å². The molecule has 8 heteroatoms. The van der Waals surface area contributed by atoms with Gasteiger partial charge in [0.1, 0.15) is 12.4 Å². The molecule has 0 unspecified atom stereocenters. The van der Waals surface area contributed by atoms with Crippen LogP contribution in [0.1, 0.15) is 22.3 Å². The van der Waals surface area contributed by atoms with Crippen LogP contribution in [0, 0.1) is 16.3 Å². The van der Waals surface area contributed by atoms with Crippen molar-refractivity contribution in [1.29, 1.82) is 0 Å². The molecule has 0 spiro atoms. The summed E-state index contributed by atoms with van der Waals surface area (Å²) in [6, 6.07) is 15.3. The Hall–Kier alpha value is -2.91. The lowest BCUT2D eigenvalue weighted by atomic mass is 10.1. The van der Waals surface area contributed by atoms with Crippen LogP contribution in [-0.2, 0) is 16.1 Å². The van der Waals surface area contributed by atoms with E-state index < -0.39 is 5.97 Å². The van der Waals surface area contributed by atoms with Crippen LogP contribution in [0.15, 0.2) is 65.3 Å². The zero-order valence-electron chi connectivity index (χ0n) is 17.7. The third-order valence-corrected chi connectivity index (χ3v) is 6.40. The van der Waals surface area contributed by atoms with Crippen LogP contribution in [0.2, 0.25) is 5.02 Å². The second-order valence-electron chi connectivity index (χ2n) is 7.21. The Balaban J connectivity index is 1.60. The zero-order chi connectivity index (χ0) is 23.5. The van der Waals surface area contributed by atoms with Gasteiger partial charge in [-0.05, 0) is 83.1 Å². The molecule has 0 N–H and O–H groups in total. The molecule has 0 radical (unpaired) electrons. The first-order valence-electron chi connectivity index (χ1n) is 9.88. The Morgan fingerprint density at radius 3 is 2.70 bits per heavy atom. The largest absolute Gasteiger partial charge is 0.493 e. The van der Waals surface area contributed by atoms with Crippen LogP contribution in [0.5, 0.6) is 11.5 Å². The quantitative estimate of drug-likeness (QED) is 0.195. The Bertz CT molecular complexity index is 1310. The van der Waals surface area contributed by atoms with Crippen molar-refractivity contribution in [2.24, 2.45) is 4.99 Å². The van der Waals surface area contributed by atoms with Crippen LogP contribution >= 0.6 is 34.2 Å². The molecule has 5 nitrogen and oxygen atoms in total. The van der Waals surface area contributed by atoms with Crippen molar-refractivity contribution in [2.75, 3.05) is 7.11 Å². The number of cyclic esters (lactones) is 1. The molecule has 33 heavy (non-hydrogen) atoms. The average Bonchev–Trinajstić information content (AvgIpc) is 3.15. The lowest BCUT2D eigenvalue weighted by molar-refractivity contribution is -0.129. The fourth-order valence-corrected chi connectivity index (χ4v) is 3.81. The minimum atomic E-state index is -0.559. The van der Waals surface area contributed by atoms with Crippen molar-refractivity contribution >= 4 is 52.1 Å². The number of benzene rings is 3. The summed E-state index contributed by atoms with van der Waals surface area (Å²) in [5, 5.41) is 0.251. The summed E-state index contributed by atoms with van der Waals surface area (Å²) in [5.41, 5.74) is 2.89. The summed E-state index contributed by atoms with van der Waals surface area (Å²) in [4.78, 5) is 16.7. The fraction of sp³-hybridized carbons (Fsp3) is 0.120. The predicted molar refractivity (Wildman–Crippen MR) is 133 cm³/mol. The van der Waals surface area contributed by atoms with E-state index in [1.165, 1.54) is 13.2 Å². The Morgan fingerprint density at radius 2 is 1.97 bits per heavy atom. The van der Waals surface area contributed by atoms with Gasteiger partial charge in [-0.1, -0.05) is 29.8 Å². The van der Waals surface area contributed by atoms with Gasteiger partial charge in [0, 0.05) is 14.7 Å². The second kappa shape index (κ2) is 9.93. The van der Waals surface area contributed by atoms with Crippen molar-refractivity contribution in [3.05, 3.63) is 97.0 Å². The number of methoxy groups -OCH3 is 1. The molecular weight excluding hydrogens is 560 g/mol. The number of esters is 1. The highest BCUT2D eigenvalue weighted by Crippen LogP contribution is 2.38. The third kappa shape index (κ3) is 5.20. The highest BCUT2D eigenvalue weighted by Gasteiger charge is 2.25. The molecule has 0 amide bonds. The summed E-state index contributed by atoms with van der Waals surface area (Å²) >= 11 is 8.66. The zero-order valence-corrected chi connectivity index (χ0v) is 20.6. The predicted octanol–water partition coefficient (Wildman–Crippen LogP) is 6.32. The van der Waals surface area contributed by atoms with E-state index >= 15 is 0 Å². The third-order valence-electron chi connectivity index (χ3n) is 4.91. The maximum atomic E-state index is 13.9. The molecule has 1 aliphatic heterocycles. The summed E-state index contributed by atoms with van der Waals surface area (Å²) in [5.74, 6) is -0.0675. The van der Waals surface area contributed by atoms with Gasteiger partial charge < -0.3 is 14.2 Å². The molecule has 1 heterocycles. The highest BCUT2D eigenvalue weighted by molar-refractivity contribution is 14.1. The standard InChI is InChI=1S/C25H18ClFINO4/c1-14-9-16(7-8-20(14)28)24-29-21(25(30)33-24)11-15-10-18(26)23(22(12-15)31-2)32-13-17-5-3-4-6-19(17)27/h3-12H,13H2,1-2H3/b21-11-. The molecular formula is C25H18ClFINO4. The minimum Gasteiger partial charge on any atom is -0.493 e. The van der Waals surface area contributed by atoms with Gasteiger partial charge in [0.2, 0.25) is 5.90 Å².